The number of nitriles is 1. The second-order valence-corrected chi connectivity index (χ2v) is 7.51. The van der Waals surface area contributed by atoms with Gasteiger partial charge in [0.15, 0.2) is 0 Å². The van der Waals surface area contributed by atoms with Gasteiger partial charge in [0, 0.05) is 43.5 Å². The van der Waals surface area contributed by atoms with Crippen molar-refractivity contribution in [3.8, 4) is 28.7 Å². The maximum Gasteiger partial charge on any atom is 0.149 e. The van der Waals surface area contributed by atoms with E-state index in [1.54, 1.807) is 17.1 Å². The van der Waals surface area contributed by atoms with Crippen LogP contribution < -0.4 is 5.32 Å². The fourth-order valence-corrected chi connectivity index (χ4v) is 4.05. The highest BCUT2D eigenvalue weighted by Crippen LogP contribution is 2.32. The topological polar surface area (TPSA) is 102 Å². The Balaban J connectivity index is 1.61. The number of hydrogen-bond donors (Lipinski definition) is 1. The smallest absolute Gasteiger partial charge is 0.149 e. The van der Waals surface area contributed by atoms with E-state index in [2.05, 4.69) is 26.6 Å². The largest absolute Gasteiger partial charge is 0.317 e. The van der Waals surface area contributed by atoms with Crippen molar-refractivity contribution in [2.45, 2.75) is 24.8 Å². The van der Waals surface area contributed by atoms with Gasteiger partial charge in [-0.3, -0.25) is 13.8 Å². The Morgan fingerprint density at radius 1 is 1.17 bits per heavy atom. The number of fused-ring (bicyclic) bond motifs is 1. The summed E-state index contributed by atoms with van der Waals surface area (Å²) in [5.74, 6) is 0.770. The first kappa shape index (κ1) is 17.6. The lowest BCUT2D eigenvalue weighted by atomic mass is 9.86. The van der Waals surface area contributed by atoms with Gasteiger partial charge in [-0.1, -0.05) is 0 Å². The predicted molar refractivity (Wildman–Crippen MR) is 107 cm³/mol. The van der Waals surface area contributed by atoms with Crippen molar-refractivity contribution in [3.63, 3.8) is 0 Å². The molecule has 146 valence electrons. The number of aromatic nitrogens is 7. The molecule has 5 heterocycles. The van der Waals surface area contributed by atoms with Crippen molar-refractivity contribution < 1.29 is 0 Å². The van der Waals surface area contributed by atoms with Crippen LogP contribution in [0.15, 0.2) is 43.2 Å². The lowest BCUT2D eigenvalue weighted by molar-refractivity contribution is 0.189. The van der Waals surface area contributed by atoms with Gasteiger partial charge in [0.1, 0.15) is 11.5 Å². The molecule has 1 aliphatic heterocycles. The SMILES string of the molecule is Cn1cc(-c2cc3nccn3c(-c3cnn(C4(CC#N)CCNCC4)c3)n2)cn1. The third-order valence-corrected chi connectivity index (χ3v) is 5.66. The maximum absolute atomic E-state index is 9.40. The van der Waals surface area contributed by atoms with Crippen LogP contribution in [0.5, 0.6) is 0 Å². The first-order chi connectivity index (χ1) is 14.2. The summed E-state index contributed by atoms with van der Waals surface area (Å²) in [6, 6.07) is 4.31. The van der Waals surface area contributed by atoms with Gasteiger partial charge < -0.3 is 5.32 Å². The Morgan fingerprint density at radius 3 is 2.76 bits per heavy atom. The molecule has 5 rings (SSSR count). The van der Waals surface area contributed by atoms with E-state index >= 15 is 0 Å². The van der Waals surface area contributed by atoms with Gasteiger partial charge >= 0.3 is 0 Å². The molecule has 0 spiro atoms. The van der Waals surface area contributed by atoms with Crippen molar-refractivity contribution in [2.75, 3.05) is 13.1 Å². The fraction of sp³-hybridized carbons (Fsp3) is 0.350. The molecule has 9 nitrogen and oxygen atoms in total. The maximum atomic E-state index is 9.40. The van der Waals surface area contributed by atoms with Gasteiger partial charge in [0.2, 0.25) is 0 Å². The molecule has 29 heavy (non-hydrogen) atoms. The first-order valence-corrected chi connectivity index (χ1v) is 9.65. The Hall–Kier alpha value is -3.51. The molecule has 0 atom stereocenters. The molecule has 0 unspecified atom stereocenters. The van der Waals surface area contributed by atoms with Crippen molar-refractivity contribution >= 4 is 5.65 Å². The fourth-order valence-electron chi connectivity index (χ4n) is 4.05. The van der Waals surface area contributed by atoms with Crippen LogP contribution in [0, 0.1) is 11.3 Å². The second kappa shape index (κ2) is 6.83. The Kier molecular flexibility index (Phi) is 4.14. The van der Waals surface area contributed by atoms with Crippen molar-refractivity contribution in [1.82, 2.24) is 39.2 Å². The summed E-state index contributed by atoms with van der Waals surface area (Å²) in [6.07, 6.45) is 13.4. The zero-order valence-electron chi connectivity index (χ0n) is 16.2. The predicted octanol–water partition coefficient (Wildman–Crippen LogP) is 1.99. The van der Waals surface area contributed by atoms with Crippen LogP contribution in [-0.2, 0) is 12.6 Å². The van der Waals surface area contributed by atoms with Crippen molar-refractivity contribution in [1.29, 1.82) is 5.26 Å². The Bertz CT molecular complexity index is 1200. The minimum atomic E-state index is -0.271. The van der Waals surface area contributed by atoms with Crippen LogP contribution in [-0.4, -0.2) is 47.0 Å². The quantitative estimate of drug-likeness (QED) is 0.575. The Labute approximate surface area is 167 Å². The summed E-state index contributed by atoms with van der Waals surface area (Å²) in [5.41, 5.74) is 3.19. The molecular weight excluding hydrogens is 366 g/mol. The van der Waals surface area contributed by atoms with Gasteiger partial charge in [-0.25, -0.2) is 9.97 Å². The highest BCUT2D eigenvalue weighted by Gasteiger charge is 2.35. The number of rotatable bonds is 4. The summed E-state index contributed by atoms with van der Waals surface area (Å²) in [6.45, 7) is 1.77. The van der Waals surface area contributed by atoms with Crippen LogP contribution >= 0.6 is 0 Å². The molecule has 0 saturated carbocycles. The number of nitrogens with zero attached hydrogens (tertiary/aromatic N) is 8. The van der Waals surface area contributed by atoms with E-state index in [0.717, 1.165) is 54.2 Å². The van der Waals surface area contributed by atoms with E-state index in [1.807, 2.05) is 47.0 Å². The van der Waals surface area contributed by atoms with E-state index in [4.69, 9.17) is 4.98 Å². The number of hydrogen-bond acceptors (Lipinski definition) is 6. The average molecular weight is 387 g/mol. The van der Waals surface area contributed by atoms with E-state index < -0.39 is 0 Å². The summed E-state index contributed by atoms with van der Waals surface area (Å²) < 4.78 is 5.68. The minimum Gasteiger partial charge on any atom is -0.317 e. The van der Waals surface area contributed by atoms with Crippen molar-refractivity contribution in [3.05, 3.63) is 43.2 Å². The number of piperidine rings is 1. The van der Waals surface area contributed by atoms with E-state index in [-0.39, 0.29) is 5.54 Å². The molecule has 0 bridgehead atoms. The molecule has 1 aliphatic rings. The van der Waals surface area contributed by atoms with Gasteiger partial charge in [-0.05, 0) is 25.9 Å². The lowest BCUT2D eigenvalue weighted by Crippen LogP contribution is -2.44. The second-order valence-electron chi connectivity index (χ2n) is 7.51. The molecule has 9 heteroatoms. The van der Waals surface area contributed by atoms with Crippen LogP contribution in [0.3, 0.4) is 0 Å². The number of aryl methyl sites for hydroxylation is 1. The van der Waals surface area contributed by atoms with Crippen molar-refractivity contribution in [2.24, 2.45) is 7.05 Å². The molecule has 0 amide bonds. The van der Waals surface area contributed by atoms with Crippen LogP contribution in [0.1, 0.15) is 19.3 Å². The molecule has 4 aromatic heterocycles. The van der Waals surface area contributed by atoms with E-state index in [1.165, 1.54) is 0 Å². The van der Waals surface area contributed by atoms with E-state index in [9.17, 15) is 5.26 Å². The molecule has 1 N–H and O–H groups in total. The van der Waals surface area contributed by atoms with Gasteiger partial charge in [0.05, 0.1) is 41.7 Å². The van der Waals surface area contributed by atoms with Gasteiger partial charge in [-0.2, -0.15) is 15.5 Å². The highest BCUT2D eigenvalue weighted by atomic mass is 15.3. The minimum absolute atomic E-state index is 0.271. The molecule has 0 radical (unpaired) electrons. The standard InChI is InChI=1S/C20H21N9/c1-27-13-15(11-24-27)17-10-18-23-8-9-28(18)19(26-17)16-12-25-29(14-16)20(2-5-21)3-6-22-7-4-20/h8-14,22H,2-4,6-7H2,1H3. The summed E-state index contributed by atoms with van der Waals surface area (Å²) in [4.78, 5) is 9.35. The number of nitrogens with one attached hydrogen (secondary N) is 1. The molecule has 1 saturated heterocycles. The highest BCUT2D eigenvalue weighted by molar-refractivity contribution is 5.68. The summed E-state index contributed by atoms with van der Waals surface area (Å²) in [7, 11) is 1.89. The van der Waals surface area contributed by atoms with Crippen LogP contribution in [0.2, 0.25) is 0 Å². The molecular formula is C20H21N9. The summed E-state index contributed by atoms with van der Waals surface area (Å²) in [5, 5.41) is 21.7. The molecule has 0 aromatic carbocycles. The Morgan fingerprint density at radius 2 is 2.00 bits per heavy atom. The third-order valence-electron chi connectivity index (χ3n) is 5.66. The molecule has 1 fully saturated rings. The zero-order chi connectivity index (χ0) is 19.8. The van der Waals surface area contributed by atoms with Crippen LogP contribution in [0.25, 0.3) is 28.3 Å². The molecule has 4 aromatic rings. The summed E-state index contributed by atoms with van der Waals surface area (Å²) >= 11 is 0. The van der Waals surface area contributed by atoms with Crippen LogP contribution in [0.4, 0.5) is 0 Å². The van der Waals surface area contributed by atoms with Gasteiger partial charge in [-0.15, -0.1) is 0 Å². The molecule has 0 aliphatic carbocycles. The van der Waals surface area contributed by atoms with E-state index in [0.29, 0.717) is 6.42 Å². The third kappa shape index (κ3) is 2.98. The normalized spacial score (nSPS) is 16.1. The monoisotopic (exact) mass is 387 g/mol. The van der Waals surface area contributed by atoms with Gasteiger partial charge in [0.25, 0.3) is 0 Å². The lowest BCUT2D eigenvalue weighted by Gasteiger charge is -2.36. The average Bonchev–Trinajstić information content (AvgIpc) is 3.48. The first-order valence-electron chi connectivity index (χ1n) is 9.65. The number of imidazole rings is 1. The zero-order valence-corrected chi connectivity index (χ0v) is 16.2.